The number of nitrogens with zero attached hydrogens (tertiary/aromatic N) is 1. The van der Waals surface area contributed by atoms with Crippen molar-refractivity contribution in [2.45, 2.75) is 58.7 Å². The second-order valence-corrected chi connectivity index (χ2v) is 8.66. The zero-order valence-corrected chi connectivity index (χ0v) is 18.4. The second-order valence-electron chi connectivity index (χ2n) is 8.66. The molecule has 3 unspecified atom stereocenters. The standard InChI is InChI=1S/C26H32N2O2/c1-5-20-7-6-8-22-24(14-27-26(20)22)23(21-11-9-17(2)10-12-21)13-25(29)28-15-18(3)30-19(4)16-28/h6-12,14,18-19,23,27H,5,13,15-16H2,1-4H3. The molecular formula is C26H32N2O2. The van der Waals surface area contributed by atoms with Gasteiger partial charge in [0.1, 0.15) is 0 Å². The summed E-state index contributed by atoms with van der Waals surface area (Å²) in [7, 11) is 0. The van der Waals surface area contributed by atoms with Gasteiger partial charge in [0, 0.05) is 42.5 Å². The average Bonchev–Trinajstić information content (AvgIpc) is 3.16. The van der Waals surface area contributed by atoms with Gasteiger partial charge in [0.05, 0.1) is 12.2 Å². The fraction of sp³-hybridized carbons (Fsp3) is 0.423. The molecule has 1 aliphatic heterocycles. The minimum Gasteiger partial charge on any atom is -0.372 e. The van der Waals surface area contributed by atoms with Gasteiger partial charge >= 0.3 is 0 Å². The number of carbonyl (C=O) groups excluding carboxylic acids is 1. The zero-order chi connectivity index (χ0) is 21.3. The van der Waals surface area contributed by atoms with E-state index in [1.54, 1.807) is 0 Å². The first-order valence-electron chi connectivity index (χ1n) is 11.0. The predicted octanol–water partition coefficient (Wildman–Crippen LogP) is 5.20. The summed E-state index contributed by atoms with van der Waals surface area (Å²) in [6.07, 6.45) is 3.71. The number of hydrogen-bond acceptors (Lipinski definition) is 2. The number of hydrogen-bond donors (Lipinski definition) is 1. The summed E-state index contributed by atoms with van der Waals surface area (Å²) in [5.74, 6) is 0.219. The van der Waals surface area contributed by atoms with E-state index in [2.05, 4.69) is 67.5 Å². The van der Waals surface area contributed by atoms with E-state index in [0.29, 0.717) is 19.5 Å². The van der Waals surface area contributed by atoms with Crippen LogP contribution in [0.5, 0.6) is 0 Å². The lowest BCUT2D eigenvalue weighted by atomic mass is 9.87. The van der Waals surface area contributed by atoms with E-state index in [9.17, 15) is 4.79 Å². The summed E-state index contributed by atoms with van der Waals surface area (Å²) in [6, 6.07) is 15.1. The van der Waals surface area contributed by atoms with Gasteiger partial charge in [0.15, 0.2) is 0 Å². The highest BCUT2D eigenvalue weighted by Gasteiger charge is 2.29. The molecule has 1 saturated heterocycles. The molecular weight excluding hydrogens is 372 g/mol. The molecule has 1 N–H and O–H groups in total. The van der Waals surface area contributed by atoms with Crippen LogP contribution < -0.4 is 0 Å². The maximum absolute atomic E-state index is 13.4. The summed E-state index contributed by atoms with van der Waals surface area (Å²) < 4.78 is 5.83. The van der Waals surface area contributed by atoms with Crippen LogP contribution in [0.2, 0.25) is 0 Å². The van der Waals surface area contributed by atoms with Crippen LogP contribution >= 0.6 is 0 Å². The monoisotopic (exact) mass is 404 g/mol. The van der Waals surface area contributed by atoms with Crippen molar-refractivity contribution in [1.82, 2.24) is 9.88 Å². The Morgan fingerprint density at radius 1 is 1.13 bits per heavy atom. The number of ether oxygens (including phenoxy) is 1. The summed E-state index contributed by atoms with van der Waals surface area (Å²) in [4.78, 5) is 18.8. The topological polar surface area (TPSA) is 45.3 Å². The van der Waals surface area contributed by atoms with E-state index in [4.69, 9.17) is 4.74 Å². The molecule has 2 aromatic carbocycles. The van der Waals surface area contributed by atoms with Crippen LogP contribution in [0.4, 0.5) is 0 Å². The quantitative estimate of drug-likeness (QED) is 0.635. The molecule has 0 radical (unpaired) electrons. The molecule has 0 saturated carbocycles. The highest BCUT2D eigenvalue weighted by atomic mass is 16.5. The van der Waals surface area contributed by atoms with Crippen molar-refractivity contribution in [3.05, 3.63) is 70.9 Å². The lowest BCUT2D eigenvalue weighted by Crippen LogP contribution is -2.48. The zero-order valence-electron chi connectivity index (χ0n) is 18.4. The number of rotatable bonds is 5. The van der Waals surface area contributed by atoms with E-state index < -0.39 is 0 Å². The Bertz CT molecular complexity index is 1010. The minimum absolute atomic E-state index is 0.0208. The van der Waals surface area contributed by atoms with Gasteiger partial charge in [-0.1, -0.05) is 55.0 Å². The van der Waals surface area contributed by atoms with Crippen LogP contribution in [0, 0.1) is 6.92 Å². The lowest BCUT2D eigenvalue weighted by Gasteiger charge is -2.36. The lowest BCUT2D eigenvalue weighted by molar-refractivity contribution is -0.143. The van der Waals surface area contributed by atoms with Gasteiger partial charge in [0.25, 0.3) is 0 Å². The van der Waals surface area contributed by atoms with Gasteiger partial charge in [-0.25, -0.2) is 0 Å². The Kier molecular flexibility index (Phi) is 5.96. The number of morpholine rings is 1. The molecule has 30 heavy (non-hydrogen) atoms. The molecule has 0 spiro atoms. The van der Waals surface area contributed by atoms with Crippen LogP contribution in [0.25, 0.3) is 10.9 Å². The van der Waals surface area contributed by atoms with E-state index >= 15 is 0 Å². The van der Waals surface area contributed by atoms with Gasteiger partial charge in [-0.15, -0.1) is 0 Å². The molecule has 1 aliphatic rings. The molecule has 158 valence electrons. The summed E-state index contributed by atoms with van der Waals surface area (Å²) in [5, 5.41) is 1.22. The van der Waals surface area contributed by atoms with Gasteiger partial charge in [-0.2, -0.15) is 0 Å². The van der Waals surface area contributed by atoms with E-state index in [1.807, 2.05) is 18.7 Å². The third-order valence-electron chi connectivity index (χ3n) is 6.22. The molecule has 0 bridgehead atoms. The maximum atomic E-state index is 13.4. The first kappa shape index (κ1) is 20.7. The molecule has 1 aromatic heterocycles. The average molecular weight is 405 g/mol. The number of amides is 1. The van der Waals surface area contributed by atoms with Gasteiger partial charge in [-0.3, -0.25) is 4.79 Å². The van der Waals surface area contributed by atoms with Crippen molar-refractivity contribution in [3.63, 3.8) is 0 Å². The van der Waals surface area contributed by atoms with E-state index in [1.165, 1.54) is 33.2 Å². The molecule has 1 amide bonds. The number of carbonyl (C=O) groups is 1. The first-order chi connectivity index (χ1) is 14.5. The van der Waals surface area contributed by atoms with Crippen molar-refractivity contribution in [2.24, 2.45) is 0 Å². The van der Waals surface area contributed by atoms with E-state index in [0.717, 1.165) is 6.42 Å². The van der Waals surface area contributed by atoms with Crippen LogP contribution in [-0.2, 0) is 16.0 Å². The number of para-hydroxylation sites is 1. The van der Waals surface area contributed by atoms with Gasteiger partial charge in [0.2, 0.25) is 5.91 Å². The number of aromatic amines is 1. The Labute approximate surface area is 179 Å². The summed E-state index contributed by atoms with van der Waals surface area (Å²) in [6.45, 7) is 9.69. The van der Waals surface area contributed by atoms with Gasteiger partial charge in [-0.05, 0) is 43.9 Å². The number of H-pyrrole nitrogens is 1. The van der Waals surface area contributed by atoms with Crippen LogP contribution in [-0.4, -0.2) is 41.1 Å². The SMILES string of the molecule is CCc1cccc2c(C(CC(=O)N3CC(C)OC(C)C3)c3ccc(C)cc3)c[nH]c12. The molecule has 3 atom stereocenters. The van der Waals surface area contributed by atoms with Crippen LogP contribution in [0.15, 0.2) is 48.7 Å². The van der Waals surface area contributed by atoms with Crippen molar-refractivity contribution in [2.75, 3.05) is 13.1 Å². The number of aryl methyl sites for hydroxylation is 2. The third kappa shape index (κ3) is 4.15. The molecule has 3 aromatic rings. The second kappa shape index (κ2) is 8.65. The highest BCUT2D eigenvalue weighted by Crippen LogP contribution is 2.35. The Balaban J connectivity index is 1.71. The highest BCUT2D eigenvalue weighted by molar-refractivity contribution is 5.88. The maximum Gasteiger partial charge on any atom is 0.223 e. The minimum atomic E-state index is 0.0208. The van der Waals surface area contributed by atoms with E-state index in [-0.39, 0.29) is 24.0 Å². The van der Waals surface area contributed by atoms with Gasteiger partial charge < -0.3 is 14.6 Å². The molecule has 4 rings (SSSR count). The van der Waals surface area contributed by atoms with Crippen LogP contribution in [0.1, 0.15) is 55.4 Å². The summed E-state index contributed by atoms with van der Waals surface area (Å²) in [5.41, 5.74) is 6.11. The molecule has 0 aliphatic carbocycles. The number of nitrogens with one attached hydrogen (secondary N) is 1. The number of fused-ring (bicyclic) bond motifs is 1. The third-order valence-corrected chi connectivity index (χ3v) is 6.22. The van der Waals surface area contributed by atoms with Crippen molar-refractivity contribution >= 4 is 16.8 Å². The number of aromatic nitrogens is 1. The van der Waals surface area contributed by atoms with Crippen molar-refractivity contribution in [3.8, 4) is 0 Å². The van der Waals surface area contributed by atoms with Crippen molar-refractivity contribution < 1.29 is 9.53 Å². The molecule has 2 heterocycles. The fourth-order valence-corrected chi connectivity index (χ4v) is 4.71. The van der Waals surface area contributed by atoms with Crippen LogP contribution in [0.3, 0.4) is 0 Å². The Morgan fingerprint density at radius 3 is 2.50 bits per heavy atom. The predicted molar refractivity (Wildman–Crippen MR) is 122 cm³/mol. The Hall–Kier alpha value is -2.59. The molecule has 1 fully saturated rings. The first-order valence-corrected chi connectivity index (χ1v) is 11.0. The largest absolute Gasteiger partial charge is 0.372 e. The summed E-state index contributed by atoms with van der Waals surface area (Å²) >= 11 is 0. The smallest absolute Gasteiger partial charge is 0.223 e. The fourth-order valence-electron chi connectivity index (χ4n) is 4.71. The molecule has 4 nitrogen and oxygen atoms in total. The molecule has 4 heteroatoms. The Morgan fingerprint density at radius 2 is 1.83 bits per heavy atom. The van der Waals surface area contributed by atoms with Crippen molar-refractivity contribution in [1.29, 1.82) is 0 Å². The normalized spacial score (nSPS) is 20.5. The number of benzene rings is 2.